The number of rotatable bonds is 7. The van der Waals surface area contributed by atoms with Crippen LogP contribution in [-0.2, 0) is 14.3 Å². The van der Waals surface area contributed by atoms with Crippen molar-refractivity contribution in [1.82, 2.24) is 19.8 Å². The van der Waals surface area contributed by atoms with Gasteiger partial charge >= 0.3 is 0 Å². The van der Waals surface area contributed by atoms with E-state index in [4.69, 9.17) is 14.7 Å². The van der Waals surface area contributed by atoms with Crippen molar-refractivity contribution in [2.75, 3.05) is 58.9 Å². The molecule has 1 aromatic rings. The van der Waals surface area contributed by atoms with Gasteiger partial charge < -0.3 is 19.4 Å². The van der Waals surface area contributed by atoms with Crippen molar-refractivity contribution in [3.05, 3.63) is 17.6 Å². The number of carbonyl (C=O) groups is 2. The van der Waals surface area contributed by atoms with Crippen LogP contribution in [0.3, 0.4) is 0 Å². The standard InChI is InChI=1S/C22H35N5O3/c1-15(2)22(29)26-8-6-16(7-9-26)21-23-18(13-19(24-21)25(3)4)17-12-20(28)27(14-17)10-11-30-5/h13,15-17H,6-12,14H2,1-5H3/t17-/m1/s1. The number of carbonyl (C=O) groups excluding carboxylic acids is 2. The van der Waals surface area contributed by atoms with Crippen LogP contribution in [0.4, 0.5) is 5.82 Å². The monoisotopic (exact) mass is 417 g/mol. The van der Waals surface area contributed by atoms with Crippen molar-refractivity contribution in [2.24, 2.45) is 5.92 Å². The van der Waals surface area contributed by atoms with Gasteiger partial charge in [-0.15, -0.1) is 0 Å². The van der Waals surface area contributed by atoms with Gasteiger partial charge in [0.05, 0.1) is 12.3 Å². The van der Waals surface area contributed by atoms with E-state index < -0.39 is 0 Å². The highest BCUT2D eigenvalue weighted by Gasteiger charge is 2.33. The Morgan fingerprint density at radius 2 is 1.93 bits per heavy atom. The Bertz CT molecular complexity index is 759. The van der Waals surface area contributed by atoms with E-state index in [-0.39, 0.29) is 29.6 Å². The van der Waals surface area contributed by atoms with E-state index in [0.29, 0.717) is 26.1 Å². The van der Waals surface area contributed by atoms with Crippen molar-refractivity contribution in [2.45, 2.75) is 44.9 Å². The molecule has 0 radical (unpaired) electrons. The SMILES string of the molecule is COCCN1C[C@H](c2cc(N(C)C)nc(C3CCN(C(=O)C(C)C)CC3)n2)CC1=O. The Balaban J connectivity index is 1.76. The molecule has 3 heterocycles. The molecular weight excluding hydrogens is 382 g/mol. The van der Waals surface area contributed by atoms with Crippen LogP contribution in [0.25, 0.3) is 0 Å². The normalized spacial score (nSPS) is 20.3. The van der Waals surface area contributed by atoms with Crippen molar-refractivity contribution in [3.63, 3.8) is 0 Å². The van der Waals surface area contributed by atoms with Gasteiger partial charge in [0.1, 0.15) is 11.6 Å². The fraction of sp³-hybridized carbons (Fsp3) is 0.727. The molecule has 0 aromatic carbocycles. The van der Waals surface area contributed by atoms with Gasteiger partial charge in [-0.3, -0.25) is 9.59 Å². The van der Waals surface area contributed by atoms with Gasteiger partial charge in [0.25, 0.3) is 0 Å². The number of methoxy groups -OCH3 is 1. The number of nitrogens with zero attached hydrogens (tertiary/aromatic N) is 5. The maximum atomic E-state index is 12.4. The molecule has 0 bridgehead atoms. The highest BCUT2D eigenvalue weighted by Crippen LogP contribution is 2.32. The van der Waals surface area contributed by atoms with E-state index in [1.807, 2.05) is 48.7 Å². The van der Waals surface area contributed by atoms with E-state index in [1.54, 1.807) is 7.11 Å². The Morgan fingerprint density at radius 1 is 1.23 bits per heavy atom. The van der Waals surface area contributed by atoms with Crippen LogP contribution in [-0.4, -0.2) is 85.6 Å². The molecule has 2 saturated heterocycles. The lowest BCUT2D eigenvalue weighted by atomic mass is 9.94. The van der Waals surface area contributed by atoms with E-state index in [1.165, 1.54) is 0 Å². The van der Waals surface area contributed by atoms with Crippen molar-refractivity contribution in [1.29, 1.82) is 0 Å². The summed E-state index contributed by atoms with van der Waals surface area (Å²) in [4.78, 5) is 40.2. The molecule has 0 spiro atoms. The molecule has 2 aliphatic heterocycles. The first-order valence-corrected chi connectivity index (χ1v) is 10.9. The van der Waals surface area contributed by atoms with Crippen LogP contribution < -0.4 is 4.90 Å². The summed E-state index contributed by atoms with van der Waals surface area (Å²) in [5, 5.41) is 0. The predicted octanol–water partition coefficient (Wildman–Crippen LogP) is 1.87. The third-order valence-electron chi connectivity index (χ3n) is 6.07. The summed E-state index contributed by atoms with van der Waals surface area (Å²) in [6, 6.07) is 2.01. The predicted molar refractivity (Wildman–Crippen MR) is 116 cm³/mol. The van der Waals surface area contributed by atoms with E-state index in [0.717, 1.165) is 43.3 Å². The first-order chi connectivity index (χ1) is 14.3. The van der Waals surface area contributed by atoms with E-state index in [9.17, 15) is 9.59 Å². The molecule has 8 nitrogen and oxygen atoms in total. The summed E-state index contributed by atoms with van der Waals surface area (Å²) in [6.45, 7) is 7.23. The molecule has 2 amide bonds. The first kappa shape index (κ1) is 22.5. The summed E-state index contributed by atoms with van der Waals surface area (Å²) >= 11 is 0. The van der Waals surface area contributed by atoms with Gasteiger partial charge in [-0.2, -0.15) is 0 Å². The second-order valence-electron chi connectivity index (χ2n) is 8.89. The molecular formula is C22H35N5O3. The lowest BCUT2D eigenvalue weighted by Crippen LogP contribution is -2.40. The zero-order valence-corrected chi connectivity index (χ0v) is 18.9. The van der Waals surface area contributed by atoms with Crippen LogP contribution in [0.5, 0.6) is 0 Å². The lowest BCUT2D eigenvalue weighted by Gasteiger charge is -2.33. The molecule has 3 rings (SSSR count). The lowest BCUT2D eigenvalue weighted by molar-refractivity contribution is -0.135. The van der Waals surface area contributed by atoms with Gasteiger partial charge in [0.2, 0.25) is 11.8 Å². The Labute approximate surface area is 179 Å². The Kier molecular flexibility index (Phi) is 7.28. The van der Waals surface area contributed by atoms with Gasteiger partial charge in [-0.1, -0.05) is 13.8 Å². The van der Waals surface area contributed by atoms with Crippen LogP contribution in [0.1, 0.15) is 56.5 Å². The van der Waals surface area contributed by atoms with Crippen molar-refractivity contribution >= 4 is 17.6 Å². The highest BCUT2D eigenvalue weighted by atomic mass is 16.5. The Morgan fingerprint density at radius 3 is 2.53 bits per heavy atom. The molecule has 1 aromatic heterocycles. The number of piperidine rings is 1. The molecule has 2 aliphatic rings. The maximum absolute atomic E-state index is 12.4. The fourth-order valence-electron chi connectivity index (χ4n) is 4.20. The molecule has 2 fully saturated rings. The Hall–Kier alpha value is -2.22. The van der Waals surface area contributed by atoms with Gasteiger partial charge in [0, 0.05) is 77.6 Å². The second kappa shape index (κ2) is 9.73. The van der Waals surface area contributed by atoms with E-state index in [2.05, 4.69) is 0 Å². The topological polar surface area (TPSA) is 78.9 Å². The average molecular weight is 418 g/mol. The van der Waals surface area contributed by atoms with Gasteiger partial charge in [0.15, 0.2) is 0 Å². The zero-order valence-electron chi connectivity index (χ0n) is 18.9. The molecule has 1 atom stereocenters. The molecule has 0 N–H and O–H groups in total. The molecule has 8 heteroatoms. The summed E-state index contributed by atoms with van der Waals surface area (Å²) in [6.07, 6.45) is 2.23. The number of ether oxygens (including phenoxy) is 1. The van der Waals surface area contributed by atoms with Crippen LogP contribution in [0, 0.1) is 5.92 Å². The van der Waals surface area contributed by atoms with Crippen LogP contribution in [0.2, 0.25) is 0 Å². The average Bonchev–Trinajstić information content (AvgIpc) is 3.12. The smallest absolute Gasteiger partial charge is 0.225 e. The number of hydrogen-bond acceptors (Lipinski definition) is 6. The van der Waals surface area contributed by atoms with E-state index >= 15 is 0 Å². The molecule has 0 unspecified atom stereocenters. The number of aromatic nitrogens is 2. The number of hydrogen-bond donors (Lipinski definition) is 0. The highest BCUT2D eigenvalue weighted by molar-refractivity contribution is 5.79. The minimum atomic E-state index is 0.0300. The van der Waals surface area contributed by atoms with Gasteiger partial charge in [-0.05, 0) is 12.8 Å². The fourth-order valence-corrected chi connectivity index (χ4v) is 4.20. The summed E-state index contributed by atoms with van der Waals surface area (Å²) in [5.74, 6) is 2.44. The second-order valence-corrected chi connectivity index (χ2v) is 8.89. The van der Waals surface area contributed by atoms with Crippen molar-refractivity contribution in [3.8, 4) is 0 Å². The quantitative estimate of drug-likeness (QED) is 0.674. The summed E-state index contributed by atoms with van der Waals surface area (Å²) in [7, 11) is 5.60. The molecule has 0 saturated carbocycles. The van der Waals surface area contributed by atoms with Crippen LogP contribution in [0.15, 0.2) is 6.07 Å². The number of amides is 2. The first-order valence-electron chi connectivity index (χ1n) is 10.9. The molecule has 166 valence electrons. The summed E-state index contributed by atoms with van der Waals surface area (Å²) < 4.78 is 5.13. The van der Waals surface area contributed by atoms with Crippen LogP contribution >= 0.6 is 0 Å². The third kappa shape index (κ3) is 5.09. The minimum Gasteiger partial charge on any atom is -0.383 e. The number of likely N-dealkylation sites (tertiary alicyclic amines) is 2. The largest absolute Gasteiger partial charge is 0.383 e. The summed E-state index contributed by atoms with van der Waals surface area (Å²) in [5.41, 5.74) is 0.942. The van der Waals surface area contributed by atoms with Gasteiger partial charge in [-0.25, -0.2) is 9.97 Å². The van der Waals surface area contributed by atoms with Crippen molar-refractivity contribution < 1.29 is 14.3 Å². The molecule has 0 aliphatic carbocycles. The maximum Gasteiger partial charge on any atom is 0.225 e. The zero-order chi connectivity index (χ0) is 21.8. The minimum absolute atomic E-state index is 0.0300. The third-order valence-corrected chi connectivity index (χ3v) is 6.07. The molecule has 30 heavy (non-hydrogen) atoms. The number of anilines is 1.